The molecule has 0 aliphatic heterocycles. The lowest BCUT2D eigenvalue weighted by Gasteiger charge is -2.07. The van der Waals surface area contributed by atoms with Gasteiger partial charge in [0, 0.05) is 5.56 Å². The normalized spacial score (nSPS) is 10.6. The first-order chi connectivity index (χ1) is 14.5. The number of Topliss-reactive ketones (excluding diaryl/α,β-unsaturated/α-hetero) is 2. The highest BCUT2D eigenvalue weighted by Gasteiger charge is 2.13. The minimum absolute atomic E-state index is 0.0983. The summed E-state index contributed by atoms with van der Waals surface area (Å²) in [6.45, 7) is 2.05. The molecule has 0 spiro atoms. The van der Waals surface area contributed by atoms with E-state index in [2.05, 4.69) is 6.92 Å². The van der Waals surface area contributed by atoms with Crippen molar-refractivity contribution in [3.05, 3.63) is 65.2 Å². The van der Waals surface area contributed by atoms with Crippen LogP contribution >= 0.6 is 0 Å². The van der Waals surface area contributed by atoms with E-state index in [0.29, 0.717) is 11.3 Å². The number of rotatable bonds is 14. The number of ether oxygens (including phenoxy) is 1. The molecule has 0 saturated heterocycles. The van der Waals surface area contributed by atoms with Crippen LogP contribution in [0.25, 0.3) is 0 Å². The minimum atomic E-state index is -1.06. The van der Waals surface area contributed by atoms with Crippen LogP contribution in [-0.4, -0.2) is 29.2 Å². The van der Waals surface area contributed by atoms with E-state index in [-0.39, 0.29) is 30.2 Å². The van der Waals surface area contributed by atoms with Crippen LogP contribution in [0.15, 0.2) is 48.5 Å². The molecule has 0 aromatic heterocycles. The number of aryl methyl sites for hydroxylation is 1. The van der Waals surface area contributed by atoms with Crippen molar-refractivity contribution in [1.29, 1.82) is 0 Å². The van der Waals surface area contributed by atoms with E-state index in [9.17, 15) is 14.4 Å². The summed E-state index contributed by atoms with van der Waals surface area (Å²) < 4.78 is 5.50. The van der Waals surface area contributed by atoms with Gasteiger partial charge in [-0.2, -0.15) is 0 Å². The van der Waals surface area contributed by atoms with Gasteiger partial charge in [-0.3, -0.25) is 9.59 Å². The summed E-state index contributed by atoms with van der Waals surface area (Å²) in [5, 5.41) is 8.88. The lowest BCUT2D eigenvalue weighted by atomic mass is 10.0. The molecule has 0 saturated carbocycles. The molecule has 30 heavy (non-hydrogen) atoms. The van der Waals surface area contributed by atoms with Crippen LogP contribution < -0.4 is 4.74 Å². The van der Waals surface area contributed by atoms with Gasteiger partial charge in [0.05, 0.1) is 12.0 Å². The summed E-state index contributed by atoms with van der Waals surface area (Å²) in [4.78, 5) is 35.0. The van der Waals surface area contributed by atoms with Crippen LogP contribution in [0, 0.1) is 0 Å². The summed E-state index contributed by atoms with van der Waals surface area (Å²) in [6.07, 6.45) is 8.37. The summed E-state index contributed by atoms with van der Waals surface area (Å²) >= 11 is 0. The van der Waals surface area contributed by atoms with Crippen molar-refractivity contribution >= 4 is 17.5 Å². The van der Waals surface area contributed by atoms with Crippen LogP contribution in [0.2, 0.25) is 0 Å². The molecule has 0 heterocycles. The van der Waals surface area contributed by atoms with Crippen LogP contribution in [0.4, 0.5) is 0 Å². The Morgan fingerprint density at radius 2 is 1.40 bits per heavy atom. The molecule has 2 aromatic carbocycles. The zero-order valence-corrected chi connectivity index (χ0v) is 17.6. The third-order valence-electron chi connectivity index (χ3n) is 4.95. The van der Waals surface area contributed by atoms with E-state index in [1.54, 1.807) is 0 Å². The zero-order chi connectivity index (χ0) is 21.8. The summed E-state index contributed by atoms with van der Waals surface area (Å²) in [7, 11) is 0. The van der Waals surface area contributed by atoms with Gasteiger partial charge in [-0.15, -0.1) is 0 Å². The maximum absolute atomic E-state index is 12.2. The Balaban J connectivity index is 1.71. The van der Waals surface area contributed by atoms with Gasteiger partial charge in [0.1, 0.15) is 12.4 Å². The van der Waals surface area contributed by atoms with Crippen LogP contribution in [0.3, 0.4) is 0 Å². The highest BCUT2D eigenvalue weighted by atomic mass is 16.5. The molecular formula is C25H30O5. The highest BCUT2D eigenvalue weighted by Crippen LogP contribution is 2.15. The molecule has 0 amide bonds. The standard InChI is InChI=1S/C25H30O5/c1-2-3-4-5-6-7-8-19-9-15-23(16-10-19)30-18-22(26)17-24(27)20-11-13-21(14-12-20)25(28)29/h9-16H,2-8,17-18H2,1H3,(H,28,29). The first-order valence-corrected chi connectivity index (χ1v) is 10.6. The maximum Gasteiger partial charge on any atom is 0.335 e. The Bertz CT molecular complexity index is 822. The van der Waals surface area contributed by atoms with Crippen molar-refractivity contribution in [3.63, 3.8) is 0 Å². The number of carboxylic acid groups (broad SMARTS) is 1. The summed E-state index contributed by atoms with van der Waals surface area (Å²) in [5.74, 6) is -1.13. The molecule has 5 nitrogen and oxygen atoms in total. The number of carbonyl (C=O) groups is 3. The molecule has 0 fully saturated rings. The van der Waals surface area contributed by atoms with Crippen LogP contribution in [-0.2, 0) is 11.2 Å². The molecule has 0 bridgehead atoms. The van der Waals surface area contributed by atoms with E-state index in [4.69, 9.17) is 9.84 Å². The highest BCUT2D eigenvalue weighted by molar-refractivity contribution is 6.08. The van der Waals surface area contributed by atoms with Gasteiger partial charge in [-0.05, 0) is 42.7 Å². The number of benzene rings is 2. The Morgan fingerprint density at radius 3 is 2.03 bits per heavy atom. The average molecular weight is 411 g/mol. The van der Waals surface area contributed by atoms with E-state index >= 15 is 0 Å². The summed E-state index contributed by atoms with van der Waals surface area (Å²) in [5.41, 5.74) is 1.66. The number of carboxylic acids is 1. The first-order valence-electron chi connectivity index (χ1n) is 10.6. The maximum atomic E-state index is 12.2. The van der Waals surface area contributed by atoms with E-state index in [0.717, 1.165) is 6.42 Å². The zero-order valence-electron chi connectivity index (χ0n) is 17.6. The van der Waals surface area contributed by atoms with Gasteiger partial charge >= 0.3 is 5.97 Å². The number of ketones is 2. The number of unbranched alkanes of at least 4 members (excludes halogenated alkanes) is 5. The van der Waals surface area contributed by atoms with Crippen molar-refractivity contribution in [3.8, 4) is 5.75 Å². The van der Waals surface area contributed by atoms with Crippen LogP contribution in [0.5, 0.6) is 5.75 Å². The van der Waals surface area contributed by atoms with Gasteiger partial charge in [0.2, 0.25) is 0 Å². The number of carbonyl (C=O) groups excluding carboxylic acids is 2. The molecule has 0 aliphatic rings. The topological polar surface area (TPSA) is 80.7 Å². The fraction of sp³-hybridized carbons (Fsp3) is 0.400. The SMILES string of the molecule is CCCCCCCCc1ccc(OCC(=O)CC(=O)c2ccc(C(=O)O)cc2)cc1. The van der Waals surface area contributed by atoms with Gasteiger partial charge < -0.3 is 9.84 Å². The quantitative estimate of drug-likeness (QED) is 0.252. The minimum Gasteiger partial charge on any atom is -0.486 e. The molecule has 0 radical (unpaired) electrons. The fourth-order valence-corrected chi connectivity index (χ4v) is 3.16. The second kappa shape index (κ2) is 12.6. The van der Waals surface area contributed by atoms with Gasteiger partial charge in [-0.25, -0.2) is 4.79 Å². The van der Waals surface area contributed by atoms with E-state index < -0.39 is 5.97 Å². The second-order valence-electron chi connectivity index (χ2n) is 7.47. The lowest BCUT2D eigenvalue weighted by Crippen LogP contribution is -2.16. The molecule has 2 rings (SSSR count). The molecule has 1 N–H and O–H groups in total. The monoisotopic (exact) mass is 410 g/mol. The van der Waals surface area contributed by atoms with Gasteiger partial charge in [0.25, 0.3) is 0 Å². The van der Waals surface area contributed by atoms with Crippen molar-refractivity contribution in [2.24, 2.45) is 0 Å². The molecule has 0 atom stereocenters. The Hall–Kier alpha value is -2.95. The molecule has 0 unspecified atom stereocenters. The lowest BCUT2D eigenvalue weighted by molar-refractivity contribution is -0.120. The third kappa shape index (κ3) is 8.19. The van der Waals surface area contributed by atoms with Crippen molar-refractivity contribution in [2.75, 3.05) is 6.61 Å². The summed E-state index contributed by atoms with van der Waals surface area (Å²) in [6, 6.07) is 13.3. The number of hydrogen-bond donors (Lipinski definition) is 1. The smallest absolute Gasteiger partial charge is 0.335 e. The Morgan fingerprint density at radius 1 is 0.800 bits per heavy atom. The van der Waals surface area contributed by atoms with Crippen molar-refractivity contribution < 1.29 is 24.2 Å². The first kappa shape index (κ1) is 23.3. The molecule has 0 aliphatic carbocycles. The molecule has 5 heteroatoms. The molecule has 160 valence electrons. The third-order valence-corrected chi connectivity index (χ3v) is 4.95. The van der Waals surface area contributed by atoms with Crippen LogP contribution in [0.1, 0.15) is 78.1 Å². The van der Waals surface area contributed by atoms with E-state index in [1.165, 1.54) is 68.4 Å². The van der Waals surface area contributed by atoms with Gasteiger partial charge in [-0.1, -0.05) is 63.3 Å². The second-order valence-corrected chi connectivity index (χ2v) is 7.47. The molecular weight excluding hydrogens is 380 g/mol. The van der Waals surface area contributed by atoms with Crippen molar-refractivity contribution in [1.82, 2.24) is 0 Å². The van der Waals surface area contributed by atoms with Gasteiger partial charge in [0.15, 0.2) is 11.6 Å². The average Bonchev–Trinajstić information content (AvgIpc) is 2.75. The number of hydrogen-bond acceptors (Lipinski definition) is 4. The predicted molar refractivity (Wildman–Crippen MR) is 116 cm³/mol. The Kier molecular flexibility index (Phi) is 9.78. The Labute approximate surface area is 178 Å². The largest absolute Gasteiger partial charge is 0.486 e. The van der Waals surface area contributed by atoms with E-state index in [1.807, 2.05) is 24.3 Å². The molecule has 2 aromatic rings. The fourth-order valence-electron chi connectivity index (χ4n) is 3.16. The van der Waals surface area contributed by atoms with Crippen molar-refractivity contribution in [2.45, 2.75) is 58.3 Å². The number of aromatic carboxylic acids is 1. The predicted octanol–water partition coefficient (Wildman–Crippen LogP) is 5.51.